The molecule has 2 rings (SSSR count). The van der Waals surface area contributed by atoms with E-state index in [0.29, 0.717) is 17.0 Å². The maximum atomic E-state index is 12.2. The Morgan fingerprint density at radius 1 is 1.10 bits per heavy atom. The summed E-state index contributed by atoms with van der Waals surface area (Å²) in [5.41, 5.74) is -0.244. The zero-order valence-electron chi connectivity index (χ0n) is 12.6. The van der Waals surface area contributed by atoms with Crippen LogP contribution in [0.1, 0.15) is 5.82 Å². The number of hydrogen-bond donors (Lipinski definition) is 0. The van der Waals surface area contributed by atoms with E-state index in [1.807, 2.05) is 0 Å². The van der Waals surface area contributed by atoms with Gasteiger partial charge in [0.15, 0.2) is 11.2 Å². The van der Waals surface area contributed by atoms with Crippen LogP contribution in [0.25, 0.3) is 17.2 Å². The molecule has 0 atom stereocenters. The van der Waals surface area contributed by atoms with E-state index in [9.17, 15) is 14.4 Å². The lowest BCUT2D eigenvalue weighted by atomic mass is 10.4. The van der Waals surface area contributed by atoms with Crippen molar-refractivity contribution < 1.29 is 4.79 Å². The number of likely N-dealkylation sites (N-methyl/N-ethyl adjacent to an activating group) is 1. The normalized spacial score (nSPS) is 11.5. The SMILES string of the molecule is CN(C)C(=O)/C=C/c1nc2c(c(=O)n(C)c(=O)n2C)n1C. The Labute approximate surface area is 120 Å². The number of rotatable bonds is 2. The van der Waals surface area contributed by atoms with Gasteiger partial charge in [-0.05, 0) is 6.08 Å². The molecule has 21 heavy (non-hydrogen) atoms. The van der Waals surface area contributed by atoms with Crippen molar-refractivity contribution in [2.24, 2.45) is 21.1 Å². The lowest BCUT2D eigenvalue weighted by Crippen LogP contribution is -2.37. The van der Waals surface area contributed by atoms with Gasteiger partial charge in [-0.2, -0.15) is 0 Å². The summed E-state index contributed by atoms with van der Waals surface area (Å²) in [5, 5.41) is 0. The van der Waals surface area contributed by atoms with Crippen LogP contribution in [-0.4, -0.2) is 43.6 Å². The van der Waals surface area contributed by atoms with E-state index in [2.05, 4.69) is 4.98 Å². The van der Waals surface area contributed by atoms with Crippen LogP contribution in [0.2, 0.25) is 0 Å². The van der Waals surface area contributed by atoms with E-state index in [1.165, 1.54) is 28.7 Å². The standard InChI is InChI=1S/C13H17N5O3/c1-15(2)9(19)7-6-8-14-11-10(16(8)3)12(20)18(5)13(21)17(11)4/h6-7H,1-5H3/b7-6+. The highest BCUT2D eigenvalue weighted by Crippen LogP contribution is 2.10. The van der Waals surface area contributed by atoms with Crippen molar-refractivity contribution in [1.82, 2.24) is 23.6 Å². The molecule has 0 spiro atoms. The van der Waals surface area contributed by atoms with Crippen molar-refractivity contribution >= 4 is 23.1 Å². The van der Waals surface area contributed by atoms with Crippen LogP contribution in [-0.2, 0) is 25.9 Å². The Morgan fingerprint density at radius 2 is 1.71 bits per heavy atom. The van der Waals surface area contributed by atoms with Crippen molar-refractivity contribution in [3.63, 3.8) is 0 Å². The van der Waals surface area contributed by atoms with Gasteiger partial charge in [-0.3, -0.25) is 18.7 Å². The molecule has 0 saturated carbocycles. The molecule has 0 fully saturated rings. The molecule has 0 saturated heterocycles. The number of fused-ring (bicyclic) bond motifs is 1. The van der Waals surface area contributed by atoms with Crippen LogP contribution in [0, 0.1) is 0 Å². The number of imidazole rings is 1. The second-order valence-corrected chi connectivity index (χ2v) is 4.97. The van der Waals surface area contributed by atoms with Gasteiger partial charge in [0.2, 0.25) is 5.91 Å². The third-order valence-corrected chi connectivity index (χ3v) is 3.33. The summed E-state index contributed by atoms with van der Waals surface area (Å²) in [6.45, 7) is 0. The van der Waals surface area contributed by atoms with Gasteiger partial charge >= 0.3 is 5.69 Å². The van der Waals surface area contributed by atoms with Crippen molar-refractivity contribution in [1.29, 1.82) is 0 Å². The molecular weight excluding hydrogens is 274 g/mol. The van der Waals surface area contributed by atoms with Crippen LogP contribution in [0.3, 0.4) is 0 Å². The number of nitrogens with zero attached hydrogens (tertiary/aromatic N) is 5. The molecule has 0 aliphatic heterocycles. The van der Waals surface area contributed by atoms with Crippen molar-refractivity contribution in [2.75, 3.05) is 14.1 Å². The van der Waals surface area contributed by atoms with Crippen LogP contribution >= 0.6 is 0 Å². The third-order valence-electron chi connectivity index (χ3n) is 3.33. The average molecular weight is 291 g/mol. The molecule has 2 aromatic heterocycles. The summed E-state index contributed by atoms with van der Waals surface area (Å²) in [5.74, 6) is 0.238. The van der Waals surface area contributed by atoms with Crippen LogP contribution < -0.4 is 11.2 Å². The number of carbonyl (C=O) groups is 1. The van der Waals surface area contributed by atoms with E-state index in [0.717, 1.165) is 4.57 Å². The molecular formula is C13H17N5O3. The molecule has 0 bridgehead atoms. The fraction of sp³-hybridized carbons (Fsp3) is 0.385. The van der Waals surface area contributed by atoms with E-state index in [4.69, 9.17) is 0 Å². The minimum atomic E-state index is -0.439. The van der Waals surface area contributed by atoms with Crippen LogP contribution in [0.5, 0.6) is 0 Å². The average Bonchev–Trinajstić information content (AvgIpc) is 2.77. The maximum Gasteiger partial charge on any atom is 0.332 e. The first-order valence-electron chi connectivity index (χ1n) is 6.27. The number of aryl methyl sites for hydroxylation is 2. The Balaban J connectivity index is 2.71. The quantitative estimate of drug-likeness (QED) is 0.670. The smallest absolute Gasteiger partial charge is 0.332 e. The number of hydrogen-bond acceptors (Lipinski definition) is 4. The summed E-state index contributed by atoms with van der Waals surface area (Å²) in [4.78, 5) is 41.3. The molecule has 8 nitrogen and oxygen atoms in total. The first-order valence-corrected chi connectivity index (χ1v) is 6.27. The zero-order chi connectivity index (χ0) is 15.9. The molecule has 2 aromatic rings. The van der Waals surface area contributed by atoms with Gasteiger partial charge in [0.1, 0.15) is 5.82 Å². The van der Waals surface area contributed by atoms with Crippen molar-refractivity contribution in [3.05, 3.63) is 32.7 Å². The highest BCUT2D eigenvalue weighted by Gasteiger charge is 2.15. The fourth-order valence-electron chi connectivity index (χ4n) is 1.98. The predicted octanol–water partition coefficient (Wildman–Crippen LogP) is -0.928. The van der Waals surface area contributed by atoms with Crippen molar-refractivity contribution in [3.8, 4) is 0 Å². The largest absolute Gasteiger partial charge is 0.345 e. The van der Waals surface area contributed by atoms with Crippen LogP contribution in [0.4, 0.5) is 0 Å². The minimum Gasteiger partial charge on any atom is -0.345 e. The van der Waals surface area contributed by atoms with Crippen molar-refractivity contribution in [2.45, 2.75) is 0 Å². The van der Waals surface area contributed by atoms with Gasteiger partial charge in [0, 0.05) is 41.3 Å². The summed E-state index contributed by atoms with van der Waals surface area (Å²) in [6.07, 6.45) is 2.88. The lowest BCUT2D eigenvalue weighted by molar-refractivity contribution is -0.123. The molecule has 8 heteroatoms. The first kappa shape index (κ1) is 14.8. The number of carbonyl (C=O) groups excluding carboxylic acids is 1. The Morgan fingerprint density at radius 3 is 2.29 bits per heavy atom. The summed E-state index contributed by atoms with van der Waals surface area (Å²) in [7, 11) is 7.92. The van der Waals surface area contributed by atoms with Gasteiger partial charge in [-0.15, -0.1) is 0 Å². The van der Waals surface area contributed by atoms with Gasteiger partial charge in [0.05, 0.1) is 0 Å². The minimum absolute atomic E-state index is 0.191. The zero-order valence-corrected chi connectivity index (χ0v) is 12.6. The summed E-state index contributed by atoms with van der Waals surface area (Å²) in [6, 6.07) is 0. The number of amides is 1. The first-order chi connectivity index (χ1) is 9.75. The maximum absolute atomic E-state index is 12.2. The molecule has 0 radical (unpaired) electrons. The number of aromatic nitrogens is 4. The van der Waals surface area contributed by atoms with E-state index in [1.54, 1.807) is 32.8 Å². The van der Waals surface area contributed by atoms with Gasteiger partial charge in [0.25, 0.3) is 5.56 Å². The topological polar surface area (TPSA) is 82.1 Å². The predicted molar refractivity (Wildman–Crippen MR) is 78.9 cm³/mol. The molecule has 112 valence electrons. The molecule has 0 aliphatic carbocycles. The molecule has 2 heterocycles. The Kier molecular flexibility index (Phi) is 3.54. The van der Waals surface area contributed by atoms with Gasteiger partial charge < -0.3 is 9.47 Å². The third kappa shape index (κ3) is 2.28. The second kappa shape index (κ2) is 5.04. The Bertz CT molecular complexity index is 867. The molecule has 0 aromatic carbocycles. The molecule has 0 aliphatic rings. The Hall–Kier alpha value is -2.64. The highest BCUT2D eigenvalue weighted by molar-refractivity contribution is 5.91. The van der Waals surface area contributed by atoms with Gasteiger partial charge in [-0.25, -0.2) is 9.78 Å². The highest BCUT2D eigenvalue weighted by atomic mass is 16.2. The molecule has 0 N–H and O–H groups in total. The van der Waals surface area contributed by atoms with Crippen LogP contribution in [0.15, 0.2) is 15.7 Å². The fourth-order valence-corrected chi connectivity index (χ4v) is 1.98. The van der Waals surface area contributed by atoms with E-state index in [-0.39, 0.29) is 5.91 Å². The van der Waals surface area contributed by atoms with Gasteiger partial charge in [-0.1, -0.05) is 0 Å². The molecule has 0 unspecified atom stereocenters. The summed E-state index contributed by atoms with van der Waals surface area (Å²) >= 11 is 0. The second-order valence-electron chi connectivity index (χ2n) is 4.97. The monoisotopic (exact) mass is 291 g/mol. The lowest BCUT2D eigenvalue weighted by Gasteiger charge is -2.05. The summed E-state index contributed by atoms with van der Waals surface area (Å²) < 4.78 is 3.90. The van der Waals surface area contributed by atoms with E-state index >= 15 is 0 Å². The molecule has 1 amide bonds. The van der Waals surface area contributed by atoms with E-state index < -0.39 is 11.2 Å².